The first-order valence-corrected chi connectivity index (χ1v) is 4.95. The predicted octanol–water partition coefficient (Wildman–Crippen LogP) is 3.28. The van der Waals surface area contributed by atoms with Crippen molar-refractivity contribution >= 4 is 12.0 Å². The molecule has 1 aromatic carbocycles. The van der Waals surface area contributed by atoms with Crippen LogP contribution in [0.5, 0.6) is 0 Å². The van der Waals surface area contributed by atoms with Crippen molar-refractivity contribution in [1.82, 2.24) is 0 Å². The van der Waals surface area contributed by atoms with Gasteiger partial charge >= 0.3 is 12.1 Å². The Kier molecular flexibility index (Phi) is 4.31. The highest BCUT2D eigenvalue weighted by Gasteiger charge is 2.29. The summed E-state index contributed by atoms with van der Waals surface area (Å²) in [4.78, 5) is 11.0. The van der Waals surface area contributed by atoms with Crippen LogP contribution in [0.4, 0.5) is 13.2 Å². The number of hydrogen-bond donors (Lipinski definition) is 0. The molecule has 1 rings (SSSR count). The van der Waals surface area contributed by atoms with Crippen molar-refractivity contribution < 1.29 is 22.7 Å². The summed E-state index contributed by atoms with van der Waals surface area (Å²) in [5.74, 6) is -0.521. The van der Waals surface area contributed by atoms with Crippen LogP contribution < -0.4 is 0 Å². The van der Waals surface area contributed by atoms with Gasteiger partial charge in [-0.3, -0.25) is 0 Å². The molecule has 0 aliphatic heterocycles. The van der Waals surface area contributed by atoms with Gasteiger partial charge in [0.25, 0.3) is 0 Å². The molecule has 17 heavy (non-hydrogen) atoms. The zero-order chi connectivity index (χ0) is 12.9. The second-order valence-corrected chi connectivity index (χ2v) is 3.21. The third-order valence-corrected chi connectivity index (χ3v) is 1.94. The SMILES string of the molecule is CCOC(=O)C=Cc1ccc(C(F)(F)F)cc1. The first kappa shape index (κ1) is 13.3. The maximum absolute atomic E-state index is 12.2. The molecular formula is C12H11F3O2. The van der Waals surface area contributed by atoms with E-state index in [2.05, 4.69) is 4.74 Å². The Balaban J connectivity index is 2.72. The summed E-state index contributed by atoms with van der Waals surface area (Å²) in [7, 11) is 0. The van der Waals surface area contributed by atoms with Gasteiger partial charge in [0, 0.05) is 6.08 Å². The smallest absolute Gasteiger partial charge is 0.416 e. The van der Waals surface area contributed by atoms with E-state index in [1.807, 2.05) is 0 Å². The molecule has 5 heteroatoms. The summed E-state index contributed by atoms with van der Waals surface area (Å²) in [5.41, 5.74) is -0.211. The molecule has 0 N–H and O–H groups in total. The summed E-state index contributed by atoms with van der Waals surface area (Å²) in [5, 5.41) is 0. The lowest BCUT2D eigenvalue weighted by atomic mass is 10.1. The highest BCUT2D eigenvalue weighted by Crippen LogP contribution is 2.29. The van der Waals surface area contributed by atoms with Crippen molar-refractivity contribution in [3.63, 3.8) is 0 Å². The largest absolute Gasteiger partial charge is 0.463 e. The molecule has 0 bridgehead atoms. The van der Waals surface area contributed by atoms with Gasteiger partial charge in [-0.25, -0.2) is 4.79 Å². The molecule has 0 saturated heterocycles. The molecule has 0 radical (unpaired) electrons. The number of alkyl halides is 3. The van der Waals surface area contributed by atoms with Crippen LogP contribution in [0.25, 0.3) is 6.08 Å². The van der Waals surface area contributed by atoms with Gasteiger partial charge in [-0.2, -0.15) is 13.2 Å². The molecule has 0 atom stereocenters. The molecule has 0 spiro atoms. The third-order valence-electron chi connectivity index (χ3n) is 1.94. The van der Waals surface area contributed by atoms with Crippen LogP contribution in [0, 0.1) is 0 Å². The van der Waals surface area contributed by atoms with Crippen molar-refractivity contribution in [3.8, 4) is 0 Å². The third kappa shape index (κ3) is 4.30. The number of rotatable bonds is 3. The molecule has 0 saturated carbocycles. The molecular weight excluding hydrogens is 233 g/mol. The van der Waals surface area contributed by atoms with Crippen molar-refractivity contribution in [2.45, 2.75) is 13.1 Å². The lowest BCUT2D eigenvalue weighted by Crippen LogP contribution is -2.04. The van der Waals surface area contributed by atoms with Crippen molar-refractivity contribution in [2.75, 3.05) is 6.61 Å². The van der Waals surface area contributed by atoms with Crippen LogP contribution in [-0.2, 0) is 15.7 Å². The molecule has 0 heterocycles. The Bertz CT molecular complexity index is 405. The number of carbonyl (C=O) groups excluding carboxylic acids is 1. The van der Waals surface area contributed by atoms with Gasteiger partial charge in [-0.05, 0) is 30.7 Å². The molecule has 0 amide bonds. The Morgan fingerprint density at radius 1 is 1.29 bits per heavy atom. The molecule has 2 nitrogen and oxygen atoms in total. The van der Waals surface area contributed by atoms with Gasteiger partial charge in [0.15, 0.2) is 0 Å². The van der Waals surface area contributed by atoms with E-state index in [1.165, 1.54) is 24.3 Å². The van der Waals surface area contributed by atoms with Gasteiger partial charge in [-0.1, -0.05) is 12.1 Å². The number of halogens is 3. The van der Waals surface area contributed by atoms with Gasteiger partial charge in [0.2, 0.25) is 0 Å². The Morgan fingerprint density at radius 2 is 1.88 bits per heavy atom. The zero-order valence-corrected chi connectivity index (χ0v) is 9.12. The van der Waals surface area contributed by atoms with E-state index in [9.17, 15) is 18.0 Å². The minimum atomic E-state index is -4.34. The normalized spacial score (nSPS) is 11.8. The lowest BCUT2D eigenvalue weighted by molar-refractivity contribution is -0.138. The topological polar surface area (TPSA) is 26.3 Å². The van der Waals surface area contributed by atoms with E-state index in [0.29, 0.717) is 5.56 Å². The highest BCUT2D eigenvalue weighted by molar-refractivity contribution is 5.87. The Morgan fingerprint density at radius 3 is 2.35 bits per heavy atom. The van der Waals surface area contributed by atoms with Crippen LogP contribution in [-0.4, -0.2) is 12.6 Å². The fourth-order valence-electron chi connectivity index (χ4n) is 1.14. The number of ether oxygens (including phenoxy) is 1. The second-order valence-electron chi connectivity index (χ2n) is 3.21. The first-order chi connectivity index (χ1) is 7.93. The van der Waals surface area contributed by atoms with Crippen molar-refractivity contribution in [1.29, 1.82) is 0 Å². The van der Waals surface area contributed by atoms with E-state index >= 15 is 0 Å². The minimum Gasteiger partial charge on any atom is -0.463 e. The average molecular weight is 244 g/mol. The fraction of sp³-hybridized carbons (Fsp3) is 0.250. The summed E-state index contributed by atoms with van der Waals surface area (Å²) >= 11 is 0. The summed E-state index contributed by atoms with van der Waals surface area (Å²) in [6.45, 7) is 1.93. The van der Waals surface area contributed by atoms with Gasteiger partial charge in [-0.15, -0.1) is 0 Å². The maximum atomic E-state index is 12.2. The van der Waals surface area contributed by atoms with Crippen LogP contribution in [0.15, 0.2) is 30.3 Å². The standard InChI is InChI=1S/C12H11F3O2/c1-2-17-11(16)8-5-9-3-6-10(7-4-9)12(13,14)15/h3-8H,2H2,1H3. The van der Waals surface area contributed by atoms with E-state index in [-0.39, 0.29) is 6.61 Å². The fourth-order valence-corrected chi connectivity index (χ4v) is 1.14. The highest BCUT2D eigenvalue weighted by atomic mass is 19.4. The quantitative estimate of drug-likeness (QED) is 0.602. The Labute approximate surface area is 96.7 Å². The second kappa shape index (κ2) is 5.52. The van der Waals surface area contributed by atoms with Crippen molar-refractivity contribution in [2.24, 2.45) is 0 Å². The summed E-state index contributed by atoms with van der Waals surface area (Å²) in [6.07, 6.45) is -1.77. The number of carbonyl (C=O) groups is 1. The minimum absolute atomic E-state index is 0.260. The number of hydrogen-bond acceptors (Lipinski definition) is 2. The molecule has 92 valence electrons. The molecule has 1 aromatic rings. The van der Waals surface area contributed by atoms with E-state index in [1.54, 1.807) is 6.92 Å². The van der Waals surface area contributed by atoms with Gasteiger partial charge in [0.1, 0.15) is 0 Å². The van der Waals surface area contributed by atoms with E-state index in [0.717, 1.165) is 12.1 Å². The van der Waals surface area contributed by atoms with Crippen LogP contribution in [0.2, 0.25) is 0 Å². The van der Waals surface area contributed by atoms with E-state index < -0.39 is 17.7 Å². The van der Waals surface area contributed by atoms with Gasteiger partial charge in [0.05, 0.1) is 12.2 Å². The molecule has 0 fully saturated rings. The number of benzene rings is 1. The lowest BCUT2D eigenvalue weighted by Gasteiger charge is -2.05. The molecule has 0 aliphatic rings. The molecule has 0 aliphatic carbocycles. The maximum Gasteiger partial charge on any atom is 0.416 e. The zero-order valence-electron chi connectivity index (χ0n) is 9.12. The first-order valence-electron chi connectivity index (χ1n) is 4.95. The van der Waals surface area contributed by atoms with E-state index in [4.69, 9.17) is 0 Å². The van der Waals surface area contributed by atoms with Gasteiger partial charge < -0.3 is 4.74 Å². The van der Waals surface area contributed by atoms with Crippen molar-refractivity contribution in [3.05, 3.63) is 41.5 Å². The summed E-state index contributed by atoms with van der Waals surface area (Å²) in [6, 6.07) is 4.51. The predicted molar refractivity (Wildman–Crippen MR) is 57.1 cm³/mol. The molecule has 0 aromatic heterocycles. The average Bonchev–Trinajstić information content (AvgIpc) is 2.26. The number of esters is 1. The molecule has 0 unspecified atom stereocenters. The van der Waals surface area contributed by atoms with Crippen LogP contribution in [0.3, 0.4) is 0 Å². The summed E-state index contributed by atoms with van der Waals surface area (Å²) < 4.78 is 41.4. The van der Waals surface area contributed by atoms with Crippen LogP contribution in [0.1, 0.15) is 18.1 Å². The van der Waals surface area contributed by atoms with Crippen LogP contribution >= 0.6 is 0 Å². The Hall–Kier alpha value is -1.78. The monoisotopic (exact) mass is 244 g/mol.